The zero-order valence-corrected chi connectivity index (χ0v) is 10.9. The molecule has 0 aliphatic carbocycles. The molecule has 0 bridgehead atoms. The minimum absolute atomic E-state index is 0.105. The lowest BCUT2D eigenvalue weighted by molar-refractivity contribution is -0.146. The zero-order valence-electron chi connectivity index (χ0n) is 10.9. The van der Waals surface area contributed by atoms with Gasteiger partial charge in [0.15, 0.2) is 0 Å². The maximum absolute atomic E-state index is 11.8. The summed E-state index contributed by atoms with van der Waals surface area (Å²) in [6.07, 6.45) is 1.36. The first-order valence-electron chi connectivity index (χ1n) is 5.81. The molecule has 0 spiro atoms. The highest BCUT2D eigenvalue weighted by atomic mass is 16.5. The largest absolute Gasteiger partial charge is 0.469 e. The topological polar surface area (TPSA) is 46.6 Å². The Balaban J connectivity index is 4.45. The van der Waals surface area contributed by atoms with Crippen LogP contribution in [0, 0.1) is 5.92 Å². The van der Waals surface area contributed by atoms with Gasteiger partial charge in [-0.05, 0) is 20.3 Å². The molecule has 0 radical (unpaired) electrons. The van der Waals surface area contributed by atoms with Gasteiger partial charge in [0.05, 0.1) is 13.0 Å². The average Bonchev–Trinajstić information content (AvgIpc) is 2.23. The summed E-state index contributed by atoms with van der Waals surface area (Å²) in [5, 5.41) is 0. The summed E-state index contributed by atoms with van der Waals surface area (Å²) in [5.41, 5.74) is 0. The van der Waals surface area contributed by atoms with Crippen LogP contribution < -0.4 is 0 Å². The van der Waals surface area contributed by atoms with Gasteiger partial charge in [-0.25, -0.2) is 0 Å². The molecule has 1 atom stereocenters. The Kier molecular flexibility index (Phi) is 6.77. The third kappa shape index (κ3) is 4.64. The Hall–Kier alpha value is -1.06. The Bertz CT molecular complexity index is 238. The fourth-order valence-corrected chi connectivity index (χ4v) is 1.53. The van der Waals surface area contributed by atoms with Crippen molar-refractivity contribution in [2.45, 2.75) is 46.6 Å². The van der Waals surface area contributed by atoms with E-state index in [2.05, 4.69) is 4.74 Å². The summed E-state index contributed by atoms with van der Waals surface area (Å²) in [4.78, 5) is 24.8. The van der Waals surface area contributed by atoms with Crippen LogP contribution in [0.3, 0.4) is 0 Å². The SMILES string of the molecule is CCCC(=O)N(CC(C)C(=O)OC)C(C)C. The molecule has 0 aliphatic rings. The summed E-state index contributed by atoms with van der Waals surface area (Å²) in [6, 6.07) is 0.117. The molecule has 0 aromatic heterocycles. The summed E-state index contributed by atoms with van der Waals surface area (Å²) >= 11 is 0. The predicted molar refractivity (Wildman–Crippen MR) is 62.9 cm³/mol. The Morgan fingerprint density at radius 3 is 2.19 bits per heavy atom. The van der Waals surface area contributed by atoms with Gasteiger partial charge in [-0.3, -0.25) is 9.59 Å². The van der Waals surface area contributed by atoms with E-state index in [1.165, 1.54) is 7.11 Å². The van der Waals surface area contributed by atoms with Gasteiger partial charge in [0, 0.05) is 19.0 Å². The number of ether oxygens (including phenoxy) is 1. The second kappa shape index (κ2) is 7.25. The highest BCUT2D eigenvalue weighted by molar-refractivity contribution is 5.78. The molecule has 0 N–H and O–H groups in total. The van der Waals surface area contributed by atoms with Crippen molar-refractivity contribution < 1.29 is 14.3 Å². The van der Waals surface area contributed by atoms with E-state index in [0.29, 0.717) is 13.0 Å². The number of methoxy groups -OCH3 is 1. The molecule has 0 aromatic carbocycles. The van der Waals surface area contributed by atoms with Crippen LogP contribution in [0.15, 0.2) is 0 Å². The second-order valence-electron chi connectivity index (χ2n) is 4.31. The number of rotatable bonds is 6. The van der Waals surface area contributed by atoms with Gasteiger partial charge in [0.1, 0.15) is 0 Å². The van der Waals surface area contributed by atoms with E-state index in [9.17, 15) is 9.59 Å². The van der Waals surface area contributed by atoms with E-state index in [1.807, 2.05) is 20.8 Å². The number of esters is 1. The van der Waals surface area contributed by atoms with Crippen molar-refractivity contribution in [3.63, 3.8) is 0 Å². The third-order valence-corrected chi connectivity index (χ3v) is 2.48. The van der Waals surface area contributed by atoms with Crippen LogP contribution >= 0.6 is 0 Å². The van der Waals surface area contributed by atoms with Gasteiger partial charge in [0.2, 0.25) is 5.91 Å². The molecule has 0 aliphatic heterocycles. The molecule has 0 saturated carbocycles. The first-order valence-corrected chi connectivity index (χ1v) is 5.81. The standard InChI is InChI=1S/C12H23NO3/c1-6-7-11(14)13(9(2)3)8-10(4)12(15)16-5/h9-10H,6-8H2,1-5H3. The van der Waals surface area contributed by atoms with Crippen molar-refractivity contribution in [3.05, 3.63) is 0 Å². The normalized spacial score (nSPS) is 12.4. The van der Waals surface area contributed by atoms with E-state index in [4.69, 9.17) is 0 Å². The van der Waals surface area contributed by atoms with Crippen LogP contribution in [0.4, 0.5) is 0 Å². The van der Waals surface area contributed by atoms with Gasteiger partial charge < -0.3 is 9.64 Å². The molecule has 0 saturated heterocycles. The molecular formula is C12H23NO3. The maximum atomic E-state index is 11.8. The number of nitrogens with zero attached hydrogens (tertiary/aromatic N) is 1. The van der Waals surface area contributed by atoms with E-state index in [0.717, 1.165) is 6.42 Å². The molecule has 0 fully saturated rings. The molecule has 0 rings (SSSR count). The van der Waals surface area contributed by atoms with Gasteiger partial charge in [-0.15, -0.1) is 0 Å². The molecule has 16 heavy (non-hydrogen) atoms. The maximum Gasteiger partial charge on any atom is 0.310 e. The van der Waals surface area contributed by atoms with Gasteiger partial charge in [-0.1, -0.05) is 13.8 Å². The van der Waals surface area contributed by atoms with Crippen LogP contribution in [0.5, 0.6) is 0 Å². The van der Waals surface area contributed by atoms with Gasteiger partial charge in [0.25, 0.3) is 0 Å². The minimum atomic E-state index is -0.270. The Labute approximate surface area is 98.0 Å². The lowest BCUT2D eigenvalue weighted by atomic mass is 10.1. The molecule has 0 heterocycles. The highest BCUT2D eigenvalue weighted by Crippen LogP contribution is 2.09. The minimum Gasteiger partial charge on any atom is -0.469 e. The first-order chi connectivity index (χ1) is 7.43. The quantitative estimate of drug-likeness (QED) is 0.653. The summed E-state index contributed by atoms with van der Waals surface area (Å²) < 4.78 is 4.66. The number of carbonyl (C=O) groups is 2. The Morgan fingerprint density at radius 2 is 1.81 bits per heavy atom. The Morgan fingerprint density at radius 1 is 1.25 bits per heavy atom. The van der Waals surface area contributed by atoms with Gasteiger partial charge >= 0.3 is 5.97 Å². The van der Waals surface area contributed by atoms with Crippen LogP contribution in [0.25, 0.3) is 0 Å². The van der Waals surface area contributed by atoms with Crippen LogP contribution in [0.2, 0.25) is 0 Å². The molecule has 1 amide bonds. The molecule has 1 unspecified atom stereocenters. The van der Waals surface area contributed by atoms with E-state index in [1.54, 1.807) is 11.8 Å². The summed E-state index contributed by atoms with van der Waals surface area (Å²) in [5.74, 6) is -0.434. The van der Waals surface area contributed by atoms with Crippen molar-refractivity contribution in [2.75, 3.05) is 13.7 Å². The molecular weight excluding hydrogens is 206 g/mol. The van der Waals surface area contributed by atoms with Gasteiger partial charge in [-0.2, -0.15) is 0 Å². The molecule has 4 heteroatoms. The smallest absolute Gasteiger partial charge is 0.310 e. The average molecular weight is 229 g/mol. The number of hydrogen-bond donors (Lipinski definition) is 0. The monoisotopic (exact) mass is 229 g/mol. The van der Waals surface area contributed by atoms with Crippen molar-refractivity contribution in [1.82, 2.24) is 4.90 Å². The zero-order chi connectivity index (χ0) is 12.7. The van der Waals surface area contributed by atoms with Crippen LogP contribution in [-0.4, -0.2) is 36.5 Å². The number of hydrogen-bond acceptors (Lipinski definition) is 3. The lowest BCUT2D eigenvalue weighted by Crippen LogP contribution is -2.41. The number of carbonyl (C=O) groups excluding carboxylic acids is 2. The van der Waals surface area contributed by atoms with Crippen molar-refractivity contribution in [3.8, 4) is 0 Å². The fourth-order valence-electron chi connectivity index (χ4n) is 1.53. The molecule has 94 valence electrons. The van der Waals surface area contributed by atoms with E-state index < -0.39 is 0 Å². The van der Waals surface area contributed by atoms with Crippen molar-refractivity contribution >= 4 is 11.9 Å². The third-order valence-electron chi connectivity index (χ3n) is 2.48. The van der Waals surface area contributed by atoms with Crippen molar-refractivity contribution in [1.29, 1.82) is 0 Å². The highest BCUT2D eigenvalue weighted by Gasteiger charge is 2.22. The molecule has 4 nitrogen and oxygen atoms in total. The first kappa shape index (κ1) is 14.9. The van der Waals surface area contributed by atoms with E-state index >= 15 is 0 Å². The lowest BCUT2D eigenvalue weighted by Gasteiger charge is -2.28. The van der Waals surface area contributed by atoms with Crippen LogP contribution in [0.1, 0.15) is 40.5 Å². The fraction of sp³-hybridized carbons (Fsp3) is 0.833. The predicted octanol–water partition coefficient (Wildman–Crippen LogP) is 1.83. The molecule has 0 aromatic rings. The second-order valence-corrected chi connectivity index (χ2v) is 4.31. The van der Waals surface area contributed by atoms with Crippen molar-refractivity contribution in [2.24, 2.45) is 5.92 Å². The number of amides is 1. The summed E-state index contributed by atoms with van der Waals surface area (Å²) in [6.45, 7) is 8.10. The summed E-state index contributed by atoms with van der Waals surface area (Å²) in [7, 11) is 1.37. The van der Waals surface area contributed by atoms with E-state index in [-0.39, 0.29) is 23.8 Å². The van der Waals surface area contributed by atoms with Crippen LogP contribution in [-0.2, 0) is 14.3 Å².